The second-order valence-electron chi connectivity index (χ2n) is 5.56. The van der Waals surface area contributed by atoms with Crippen molar-refractivity contribution in [1.82, 2.24) is 9.55 Å². The van der Waals surface area contributed by atoms with E-state index in [1.807, 2.05) is 0 Å². The lowest BCUT2D eigenvalue weighted by molar-refractivity contribution is -0.118. The van der Waals surface area contributed by atoms with Crippen LogP contribution < -0.4 is 10.1 Å². The van der Waals surface area contributed by atoms with E-state index in [1.165, 1.54) is 24.3 Å². The predicted molar refractivity (Wildman–Crippen MR) is 93.6 cm³/mol. The molecule has 1 N–H and O–H groups in total. The Hall–Kier alpha value is -3.48. The van der Waals surface area contributed by atoms with Crippen LogP contribution in [0.2, 0.25) is 0 Å². The summed E-state index contributed by atoms with van der Waals surface area (Å²) in [5.41, 5.74) is 1.01. The molecule has 0 saturated heterocycles. The molecule has 0 unspecified atom stereocenters. The Balaban J connectivity index is 1.57. The summed E-state index contributed by atoms with van der Waals surface area (Å²) in [5, 5.41) is 2.67. The zero-order chi connectivity index (χ0) is 18.5. The largest absolute Gasteiger partial charge is 0.484 e. The maximum absolute atomic E-state index is 12.8. The second-order valence-corrected chi connectivity index (χ2v) is 5.56. The van der Waals surface area contributed by atoms with Gasteiger partial charge in [0.1, 0.15) is 11.6 Å². The Kier molecular flexibility index (Phi) is 5.07. The number of carbonyl (C=O) groups is 2. The van der Waals surface area contributed by atoms with Crippen LogP contribution in [-0.4, -0.2) is 27.8 Å². The molecule has 2 aromatic carbocycles. The number of carbonyl (C=O) groups excluding carboxylic acids is 2. The van der Waals surface area contributed by atoms with Crippen LogP contribution in [0.4, 0.5) is 10.1 Å². The van der Waals surface area contributed by atoms with Crippen molar-refractivity contribution in [3.05, 3.63) is 78.1 Å². The SMILES string of the molecule is Cn1ccnc1C(=O)c1ccc(NC(=O)COc2ccc(F)cc2)cc1. The molecule has 0 saturated carbocycles. The normalized spacial score (nSPS) is 10.4. The van der Waals surface area contributed by atoms with Gasteiger partial charge in [-0.25, -0.2) is 9.37 Å². The van der Waals surface area contributed by atoms with Gasteiger partial charge < -0.3 is 14.6 Å². The third-order valence-electron chi connectivity index (χ3n) is 3.64. The van der Waals surface area contributed by atoms with Gasteiger partial charge in [-0.3, -0.25) is 9.59 Å². The molecule has 3 aromatic rings. The summed E-state index contributed by atoms with van der Waals surface area (Å²) in [7, 11) is 1.75. The van der Waals surface area contributed by atoms with Gasteiger partial charge in [-0.15, -0.1) is 0 Å². The van der Waals surface area contributed by atoms with E-state index in [-0.39, 0.29) is 24.1 Å². The van der Waals surface area contributed by atoms with E-state index in [0.29, 0.717) is 22.8 Å². The standard InChI is InChI=1S/C19H16FN3O3/c1-23-11-10-21-19(23)18(25)13-2-6-15(7-3-13)22-17(24)12-26-16-8-4-14(20)5-9-16/h2-11H,12H2,1H3,(H,22,24). The molecule has 132 valence electrons. The van der Waals surface area contributed by atoms with E-state index in [2.05, 4.69) is 10.3 Å². The van der Waals surface area contributed by atoms with Crippen LogP contribution >= 0.6 is 0 Å². The fraction of sp³-hybridized carbons (Fsp3) is 0.105. The van der Waals surface area contributed by atoms with Crippen molar-refractivity contribution >= 4 is 17.4 Å². The molecular weight excluding hydrogens is 337 g/mol. The number of hydrogen-bond acceptors (Lipinski definition) is 4. The number of ether oxygens (including phenoxy) is 1. The maximum Gasteiger partial charge on any atom is 0.262 e. The van der Waals surface area contributed by atoms with Gasteiger partial charge >= 0.3 is 0 Å². The first-order valence-electron chi connectivity index (χ1n) is 7.83. The number of ketones is 1. The highest BCUT2D eigenvalue weighted by molar-refractivity contribution is 6.07. The second kappa shape index (κ2) is 7.60. The molecule has 0 radical (unpaired) electrons. The third-order valence-corrected chi connectivity index (χ3v) is 3.64. The zero-order valence-electron chi connectivity index (χ0n) is 14.0. The van der Waals surface area contributed by atoms with Crippen molar-refractivity contribution in [3.8, 4) is 5.75 Å². The Bertz CT molecular complexity index is 918. The van der Waals surface area contributed by atoms with E-state index >= 15 is 0 Å². The van der Waals surface area contributed by atoms with Crippen molar-refractivity contribution in [1.29, 1.82) is 0 Å². The van der Waals surface area contributed by atoms with Gasteiger partial charge in [-0.05, 0) is 48.5 Å². The number of aromatic nitrogens is 2. The van der Waals surface area contributed by atoms with Gasteiger partial charge in [-0.1, -0.05) is 0 Å². The molecule has 0 bridgehead atoms. The highest BCUT2D eigenvalue weighted by Gasteiger charge is 2.13. The average molecular weight is 353 g/mol. The highest BCUT2D eigenvalue weighted by atomic mass is 19.1. The van der Waals surface area contributed by atoms with Crippen LogP contribution in [0, 0.1) is 5.82 Å². The Morgan fingerprint density at radius 3 is 2.42 bits per heavy atom. The minimum Gasteiger partial charge on any atom is -0.484 e. The monoisotopic (exact) mass is 353 g/mol. The van der Waals surface area contributed by atoms with Crippen molar-refractivity contribution in [3.63, 3.8) is 0 Å². The van der Waals surface area contributed by atoms with E-state index in [1.54, 1.807) is 48.3 Å². The molecular formula is C19H16FN3O3. The maximum atomic E-state index is 12.8. The van der Waals surface area contributed by atoms with Gasteiger partial charge in [0.25, 0.3) is 5.91 Å². The van der Waals surface area contributed by atoms with E-state index < -0.39 is 0 Å². The molecule has 3 rings (SSSR count). The number of benzene rings is 2. The number of hydrogen-bond donors (Lipinski definition) is 1. The molecule has 0 aliphatic carbocycles. The van der Waals surface area contributed by atoms with Crippen LogP contribution in [0.5, 0.6) is 5.75 Å². The number of anilines is 1. The summed E-state index contributed by atoms with van der Waals surface area (Å²) in [6.45, 7) is -0.209. The summed E-state index contributed by atoms with van der Waals surface area (Å²) >= 11 is 0. The van der Waals surface area contributed by atoms with E-state index in [9.17, 15) is 14.0 Å². The van der Waals surface area contributed by atoms with Crippen LogP contribution in [0.25, 0.3) is 0 Å². The molecule has 0 atom stereocenters. The van der Waals surface area contributed by atoms with Crippen LogP contribution in [0.15, 0.2) is 60.9 Å². The van der Waals surface area contributed by atoms with Crippen LogP contribution in [0.3, 0.4) is 0 Å². The topological polar surface area (TPSA) is 73.2 Å². The number of aryl methyl sites for hydroxylation is 1. The van der Waals surface area contributed by atoms with E-state index in [4.69, 9.17) is 4.74 Å². The van der Waals surface area contributed by atoms with Gasteiger partial charge in [0.05, 0.1) is 0 Å². The van der Waals surface area contributed by atoms with Crippen LogP contribution in [-0.2, 0) is 11.8 Å². The number of imidazole rings is 1. The molecule has 6 nitrogen and oxygen atoms in total. The molecule has 1 amide bonds. The van der Waals surface area contributed by atoms with Crippen molar-refractivity contribution in [2.45, 2.75) is 0 Å². The lowest BCUT2D eigenvalue weighted by Gasteiger charge is -2.08. The van der Waals surface area contributed by atoms with Crippen molar-refractivity contribution < 1.29 is 18.7 Å². The van der Waals surface area contributed by atoms with Gasteiger partial charge in [0.15, 0.2) is 12.4 Å². The smallest absolute Gasteiger partial charge is 0.262 e. The Morgan fingerprint density at radius 1 is 1.12 bits per heavy atom. The highest BCUT2D eigenvalue weighted by Crippen LogP contribution is 2.14. The fourth-order valence-corrected chi connectivity index (χ4v) is 2.30. The number of rotatable bonds is 6. The lowest BCUT2D eigenvalue weighted by atomic mass is 10.1. The first-order chi connectivity index (χ1) is 12.5. The summed E-state index contributed by atoms with van der Waals surface area (Å²) in [6.07, 6.45) is 3.26. The summed E-state index contributed by atoms with van der Waals surface area (Å²) in [5.74, 6) is -0.193. The summed E-state index contributed by atoms with van der Waals surface area (Å²) < 4.78 is 19.7. The zero-order valence-corrected chi connectivity index (χ0v) is 14.0. The Morgan fingerprint density at radius 2 is 1.81 bits per heavy atom. The summed E-state index contributed by atoms with van der Waals surface area (Å²) in [4.78, 5) is 28.3. The molecule has 0 spiro atoms. The minimum atomic E-state index is -0.373. The number of nitrogens with zero attached hydrogens (tertiary/aromatic N) is 2. The number of nitrogens with one attached hydrogen (secondary N) is 1. The van der Waals surface area contributed by atoms with Gasteiger partial charge in [-0.2, -0.15) is 0 Å². The van der Waals surface area contributed by atoms with E-state index in [0.717, 1.165) is 0 Å². The van der Waals surface area contributed by atoms with Crippen molar-refractivity contribution in [2.24, 2.45) is 7.05 Å². The van der Waals surface area contributed by atoms with Gasteiger partial charge in [0, 0.05) is 30.7 Å². The first-order valence-corrected chi connectivity index (χ1v) is 7.83. The minimum absolute atomic E-state index is 0.199. The molecule has 0 aliphatic heterocycles. The summed E-state index contributed by atoms with van der Waals surface area (Å²) in [6, 6.07) is 11.9. The number of amides is 1. The first kappa shape index (κ1) is 17.3. The number of halogens is 1. The Labute approximate surface area is 149 Å². The molecule has 26 heavy (non-hydrogen) atoms. The third kappa shape index (κ3) is 4.13. The molecule has 7 heteroatoms. The fourth-order valence-electron chi connectivity index (χ4n) is 2.30. The molecule has 0 aliphatic rings. The van der Waals surface area contributed by atoms with Crippen LogP contribution in [0.1, 0.15) is 16.2 Å². The van der Waals surface area contributed by atoms with Gasteiger partial charge in [0.2, 0.25) is 5.78 Å². The predicted octanol–water partition coefficient (Wildman–Crippen LogP) is 2.81. The quantitative estimate of drug-likeness (QED) is 0.692. The molecule has 0 fully saturated rings. The molecule has 1 aromatic heterocycles. The average Bonchev–Trinajstić information content (AvgIpc) is 3.07. The molecule has 1 heterocycles. The van der Waals surface area contributed by atoms with Crippen molar-refractivity contribution in [2.75, 3.05) is 11.9 Å². The lowest BCUT2D eigenvalue weighted by Crippen LogP contribution is -2.20.